The first-order valence-corrected chi connectivity index (χ1v) is 9.50. The predicted octanol–water partition coefficient (Wildman–Crippen LogP) is 2.67. The topological polar surface area (TPSA) is 64.7 Å². The van der Waals surface area contributed by atoms with Crippen molar-refractivity contribution in [3.63, 3.8) is 0 Å². The summed E-state index contributed by atoms with van der Waals surface area (Å²) in [5.74, 6) is 0.722. The summed E-state index contributed by atoms with van der Waals surface area (Å²) in [4.78, 5) is 12.4. The number of hydrogen-bond donors (Lipinski definition) is 1. The van der Waals surface area contributed by atoms with Gasteiger partial charge in [-0.2, -0.15) is 5.10 Å². The lowest BCUT2D eigenvalue weighted by Crippen LogP contribution is -2.44. The van der Waals surface area contributed by atoms with Gasteiger partial charge in [-0.1, -0.05) is 6.42 Å². The standard InChI is InChI=1S/C19H27N5O/c1-13-12-14(2)23(21-13)18-10-11-19(25)24(22-18)17-8-6-16(7-9-17)20-15-4-3-5-15/h10-12,15-17,20H,3-9H2,1-2H3. The molecule has 0 atom stereocenters. The van der Waals surface area contributed by atoms with Crippen molar-refractivity contribution in [2.24, 2.45) is 0 Å². The molecule has 25 heavy (non-hydrogen) atoms. The fraction of sp³-hybridized carbons (Fsp3) is 0.632. The fourth-order valence-corrected chi connectivity index (χ4v) is 4.05. The van der Waals surface area contributed by atoms with E-state index in [1.165, 1.54) is 19.3 Å². The Balaban J connectivity index is 1.49. The van der Waals surface area contributed by atoms with Gasteiger partial charge in [-0.05, 0) is 64.5 Å². The SMILES string of the molecule is Cc1cc(C)n(-c2ccc(=O)n(C3CCC(NC4CCC4)CC3)n2)n1. The lowest BCUT2D eigenvalue weighted by atomic mass is 9.87. The monoisotopic (exact) mass is 341 g/mol. The number of aromatic nitrogens is 4. The normalized spacial score (nSPS) is 24.2. The Morgan fingerprint density at radius 3 is 2.32 bits per heavy atom. The molecule has 4 rings (SSSR count). The minimum absolute atomic E-state index is 0.0133. The first-order valence-electron chi connectivity index (χ1n) is 9.50. The maximum absolute atomic E-state index is 12.4. The molecule has 2 heterocycles. The number of nitrogens with one attached hydrogen (secondary N) is 1. The van der Waals surface area contributed by atoms with Gasteiger partial charge in [0.15, 0.2) is 5.82 Å². The van der Waals surface area contributed by atoms with E-state index in [4.69, 9.17) is 0 Å². The van der Waals surface area contributed by atoms with E-state index in [-0.39, 0.29) is 11.6 Å². The van der Waals surface area contributed by atoms with Crippen LogP contribution in [0, 0.1) is 13.8 Å². The Hall–Kier alpha value is -1.95. The van der Waals surface area contributed by atoms with E-state index >= 15 is 0 Å². The summed E-state index contributed by atoms with van der Waals surface area (Å²) in [6, 6.07) is 6.95. The van der Waals surface area contributed by atoms with Crippen molar-refractivity contribution in [3.8, 4) is 5.82 Å². The highest BCUT2D eigenvalue weighted by Gasteiger charge is 2.27. The highest BCUT2D eigenvalue weighted by molar-refractivity contribution is 5.24. The molecule has 2 aliphatic carbocycles. The molecule has 0 spiro atoms. The Labute approximate surface area is 148 Å². The molecule has 0 aromatic carbocycles. The van der Waals surface area contributed by atoms with E-state index < -0.39 is 0 Å². The van der Waals surface area contributed by atoms with Crippen LogP contribution in [-0.2, 0) is 0 Å². The van der Waals surface area contributed by atoms with Crippen LogP contribution in [-0.4, -0.2) is 31.6 Å². The van der Waals surface area contributed by atoms with Gasteiger partial charge in [-0.25, -0.2) is 9.36 Å². The quantitative estimate of drug-likeness (QED) is 0.928. The van der Waals surface area contributed by atoms with Gasteiger partial charge in [-0.15, -0.1) is 5.10 Å². The van der Waals surface area contributed by atoms with Gasteiger partial charge in [0, 0.05) is 23.8 Å². The maximum Gasteiger partial charge on any atom is 0.267 e. The highest BCUT2D eigenvalue weighted by atomic mass is 16.1. The molecule has 0 amide bonds. The molecular formula is C19H27N5O. The molecule has 2 aliphatic rings. The minimum atomic E-state index is -0.0133. The van der Waals surface area contributed by atoms with Crippen molar-refractivity contribution >= 4 is 0 Å². The minimum Gasteiger partial charge on any atom is -0.311 e. The Morgan fingerprint density at radius 1 is 1.00 bits per heavy atom. The molecule has 0 saturated heterocycles. The van der Waals surface area contributed by atoms with Crippen molar-refractivity contribution < 1.29 is 0 Å². The molecule has 2 aromatic heterocycles. The van der Waals surface area contributed by atoms with Crippen molar-refractivity contribution in [2.45, 2.75) is 76.9 Å². The fourth-order valence-electron chi connectivity index (χ4n) is 4.05. The molecule has 6 nitrogen and oxygen atoms in total. The van der Waals surface area contributed by atoms with E-state index in [2.05, 4.69) is 15.5 Å². The van der Waals surface area contributed by atoms with E-state index in [9.17, 15) is 4.79 Å². The molecule has 2 saturated carbocycles. The average molecular weight is 341 g/mol. The van der Waals surface area contributed by atoms with E-state index in [1.54, 1.807) is 16.8 Å². The highest BCUT2D eigenvalue weighted by Crippen LogP contribution is 2.29. The van der Waals surface area contributed by atoms with Gasteiger partial charge in [0.25, 0.3) is 5.56 Å². The van der Waals surface area contributed by atoms with Crippen LogP contribution in [0.4, 0.5) is 0 Å². The Kier molecular flexibility index (Phi) is 4.46. The van der Waals surface area contributed by atoms with E-state index in [1.807, 2.05) is 24.6 Å². The molecule has 1 N–H and O–H groups in total. The molecule has 0 bridgehead atoms. The van der Waals surface area contributed by atoms with Gasteiger partial charge in [0.2, 0.25) is 0 Å². The third-order valence-electron chi connectivity index (χ3n) is 5.66. The average Bonchev–Trinajstić information content (AvgIpc) is 2.91. The zero-order valence-electron chi connectivity index (χ0n) is 15.1. The van der Waals surface area contributed by atoms with Crippen molar-refractivity contribution in [3.05, 3.63) is 39.9 Å². The summed E-state index contributed by atoms with van der Waals surface area (Å²) in [6.45, 7) is 3.98. The Morgan fingerprint density at radius 2 is 1.72 bits per heavy atom. The van der Waals surface area contributed by atoms with Gasteiger partial charge in [0.05, 0.1) is 11.7 Å². The van der Waals surface area contributed by atoms with Crippen LogP contribution in [0.25, 0.3) is 5.82 Å². The van der Waals surface area contributed by atoms with Crippen molar-refractivity contribution in [2.75, 3.05) is 0 Å². The van der Waals surface area contributed by atoms with Gasteiger partial charge >= 0.3 is 0 Å². The number of aryl methyl sites for hydroxylation is 2. The van der Waals surface area contributed by atoms with Crippen LogP contribution in [0.5, 0.6) is 0 Å². The molecule has 0 radical (unpaired) electrons. The second-order valence-corrected chi connectivity index (χ2v) is 7.61. The summed E-state index contributed by atoms with van der Waals surface area (Å²) in [6.07, 6.45) is 8.29. The molecule has 2 fully saturated rings. The molecule has 0 unspecified atom stereocenters. The van der Waals surface area contributed by atoms with Crippen LogP contribution in [0.15, 0.2) is 23.0 Å². The lowest BCUT2D eigenvalue weighted by molar-refractivity contribution is 0.225. The largest absolute Gasteiger partial charge is 0.311 e. The summed E-state index contributed by atoms with van der Waals surface area (Å²) < 4.78 is 3.50. The third kappa shape index (κ3) is 3.40. The number of hydrogen-bond acceptors (Lipinski definition) is 4. The zero-order valence-corrected chi connectivity index (χ0v) is 15.1. The van der Waals surface area contributed by atoms with Crippen LogP contribution in [0.2, 0.25) is 0 Å². The number of nitrogens with zero attached hydrogens (tertiary/aromatic N) is 4. The van der Waals surface area contributed by atoms with Gasteiger partial charge in [0.1, 0.15) is 0 Å². The first kappa shape index (κ1) is 16.5. The molecule has 2 aromatic rings. The van der Waals surface area contributed by atoms with E-state index in [0.29, 0.717) is 6.04 Å². The Bertz CT molecular complexity index is 796. The maximum atomic E-state index is 12.4. The predicted molar refractivity (Wildman–Crippen MR) is 97.2 cm³/mol. The molecule has 134 valence electrons. The summed E-state index contributed by atoms with van der Waals surface area (Å²) in [5, 5.41) is 12.9. The van der Waals surface area contributed by atoms with Crippen LogP contribution >= 0.6 is 0 Å². The summed E-state index contributed by atoms with van der Waals surface area (Å²) >= 11 is 0. The second-order valence-electron chi connectivity index (χ2n) is 7.61. The van der Waals surface area contributed by atoms with Crippen LogP contribution in [0.1, 0.15) is 62.4 Å². The smallest absolute Gasteiger partial charge is 0.267 e. The lowest BCUT2D eigenvalue weighted by Gasteiger charge is -2.35. The summed E-state index contributed by atoms with van der Waals surface area (Å²) in [5.41, 5.74) is 1.98. The third-order valence-corrected chi connectivity index (χ3v) is 5.66. The van der Waals surface area contributed by atoms with E-state index in [0.717, 1.165) is 48.9 Å². The summed E-state index contributed by atoms with van der Waals surface area (Å²) in [7, 11) is 0. The molecule has 0 aliphatic heterocycles. The zero-order chi connectivity index (χ0) is 17.4. The first-order chi connectivity index (χ1) is 12.1. The molecule has 6 heteroatoms. The number of rotatable bonds is 4. The van der Waals surface area contributed by atoms with Gasteiger partial charge in [-0.3, -0.25) is 4.79 Å². The molecular weight excluding hydrogens is 314 g/mol. The van der Waals surface area contributed by atoms with Crippen LogP contribution in [0.3, 0.4) is 0 Å². The second kappa shape index (κ2) is 6.75. The van der Waals surface area contributed by atoms with Crippen molar-refractivity contribution in [1.82, 2.24) is 24.9 Å². The van der Waals surface area contributed by atoms with Crippen molar-refractivity contribution in [1.29, 1.82) is 0 Å². The van der Waals surface area contributed by atoms with Crippen LogP contribution < -0.4 is 10.9 Å². The van der Waals surface area contributed by atoms with Gasteiger partial charge < -0.3 is 5.32 Å².